The van der Waals surface area contributed by atoms with E-state index in [0.29, 0.717) is 6.54 Å². The summed E-state index contributed by atoms with van der Waals surface area (Å²) in [6.45, 7) is 2.05. The zero-order valence-corrected chi connectivity index (χ0v) is 10.3. The number of hydrogen-bond acceptors (Lipinski definition) is 4. The van der Waals surface area contributed by atoms with Crippen molar-refractivity contribution in [2.45, 2.75) is 6.92 Å². The molecule has 0 aromatic rings. The van der Waals surface area contributed by atoms with Crippen LogP contribution in [0.4, 0.5) is 0 Å². The molecule has 0 atom stereocenters. The first-order chi connectivity index (χ1) is 6.78. The number of carbonyl (C=O) groups is 1. The lowest BCUT2D eigenvalue weighted by molar-refractivity contribution is -0.128. The molecule has 0 bridgehead atoms. The number of nitrogens with zero attached hydrogens (tertiary/aromatic N) is 1. The number of carbonyl (C=O) groups excluding carboxylic acids is 1. The van der Waals surface area contributed by atoms with Crippen molar-refractivity contribution >= 4 is 33.1 Å². The maximum absolute atomic E-state index is 11.2. The monoisotopic (exact) mass is 253 g/mol. The second-order valence-corrected chi connectivity index (χ2v) is 5.29. The van der Waals surface area contributed by atoms with Gasteiger partial charge in [-0.1, -0.05) is 12.2 Å². The molecule has 0 aliphatic carbocycles. The van der Waals surface area contributed by atoms with Crippen molar-refractivity contribution in [1.29, 1.82) is 0 Å². The van der Waals surface area contributed by atoms with E-state index in [9.17, 15) is 13.2 Å². The molecule has 0 unspecified atom stereocenters. The molecule has 6 nitrogen and oxygen atoms in total. The second-order valence-electron chi connectivity index (χ2n) is 2.95. The first kappa shape index (κ1) is 14.3. The van der Waals surface area contributed by atoms with Crippen LogP contribution in [-0.2, 0) is 14.8 Å². The van der Waals surface area contributed by atoms with Crippen LogP contribution < -0.4 is 10.5 Å². The summed E-state index contributed by atoms with van der Waals surface area (Å²) in [6, 6.07) is 0. The van der Waals surface area contributed by atoms with Crippen molar-refractivity contribution in [2.24, 2.45) is 5.73 Å². The van der Waals surface area contributed by atoms with Crippen molar-refractivity contribution in [3.8, 4) is 0 Å². The molecule has 1 amide bonds. The molecule has 0 aliphatic heterocycles. The quantitative estimate of drug-likeness (QED) is 0.572. The Labute approximate surface area is 94.9 Å². The van der Waals surface area contributed by atoms with Gasteiger partial charge in [0.1, 0.15) is 5.75 Å². The number of thiocarbonyl (C=S) groups is 1. The predicted molar refractivity (Wildman–Crippen MR) is 61.9 cm³/mol. The van der Waals surface area contributed by atoms with Crippen LogP contribution in [-0.4, -0.2) is 50.1 Å². The van der Waals surface area contributed by atoms with E-state index >= 15 is 0 Å². The van der Waals surface area contributed by atoms with Crippen molar-refractivity contribution in [1.82, 2.24) is 9.62 Å². The fraction of sp³-hybridized carbons (Fsp3) is 0.714. The highest BCUT2D eigenvalue weighted by molar-refractivity contribution is 7.92. The molecule has 3 N–H and O–H groups in total. The average Bonchev–Trinajstić information content (AvgIpc) is 2.11. The Morgan fingerprint density at radius 1 is 1.53 bits per heavy atom. The molecular weight excluding hydrogens is 238 g/mol. The summed E-state index contributed by atoms with van der Waals surface area (Å²) in [5.74, 6) is -0.741. The largest absolute Gasteiger partial charge is 0.392 e. The molecule has 0 rings (SSSR count). The van der Waals surface area contributed by atoms with Gasteiger partial charge in [0.25, 0.3) is 0 Å². The third-order valence-electron chi connectivity index (χ3n) is 1.68. The van der Waals surface area contributed by atoms with Gasteiger partial charge in [0.15, 0.2) is 0 Å². The first-order valence-corrected chi connectivity index (χ1v) is 6.34. The summed E-state index contributed by atoms with van der Waals surface area (Å²) in [4.78, 5) is 12.5. The van der Waals surface area contributed by atoms with Crippen molar-refractivity contribution < 1.29 is 13.2 Å². The van der Waals surface area contributed by atoms with Crippen molar-refractivity contribution in [3.05, 3.63) is 0 Å². The fourth-order valence-electron chi connectivity index (χ4n) is 0.721. The van der Waals surface area contributed by atoms with Gasteiger partial charge < -0.3 is 10.6 Å². The third-order valence-corrected chi connectivity index (χ3v) is 3.28. The molecule has 0 fully saturated rings. The lowest BCUT2D eigenvalue weighted by atomic mass is 10.5. The molecule has 0 heterocycles. The molecule has 0 radical (unpaired) electrons. The molecule has 88 valence electrons. The number of amides is 1. The topological polar surface area (TPSA) is 92.5 Å². The summed E-state index contributed by atoms with van der Waals surface area (Å²) < 4.78 is 24.5. The Morgan fingerprint density at radius 3 is 2.47 bits per heavy atom. The van der Waals surface area contributed by atoms with E-state index < -0.39 is 15.8 Å². The molecule has 0 aliphatic rings. The highest BCUT2D eigenvalue weighted by Crippen LogP contribution is 1.87. The Morgan fingerprint density at radius 2 is 2.07 bits per heavy atom. The number of rotatable bonds is 6. The smallest absolute Gasteiger partial charge is 0.237 e. The number of hydrogen-bond donors (Lipinski definition) is 2. The number of nitrogens with one attached hydrogen (secondary N) is 1. The zero-order valence-electron chi connectivity index (χ0n) is 8.69. The minimum atomic E-state index is -3.58. The molecule has 8 heteroatoms. The van der Waals surface area contributed by atoms with Gasteiger partial charge in [-0.05, 0) is 6.92 Å². The summed E-state index contributed by atoms with van der Waals surface area (Å²) in [5.41, 5.74) is 5.09. The van der Waals surface area contributed by atoms with Crippen molar-refractivity contribution in [3.63, 3.8) is 0 Å². The van der Waals surface area contributed by atoms with Crippen LogP contribution in [0.2, 0.25) is 0 Å². The van der Waals surface area contributed by atoms with E-state index in [1.165, 1.54) is 4.90 Å². The van der Waals surface area contributed by atoms with Crippen LogP contribution in [0.25, 0.3) is 0 Å². The SMILES string of the molecule is CCN(C)C(=O)CNS(=O)(=O)CC(N)=S. The van der Waals surface area contributed by atoms with Crippen molar-refractivity contribution in [2.75, 3.05) is 25.9 Å². The minimum Gasteiger partial charge on any atom is -0.392 e. The standard InChI is InChI=1S/C7H15N3O3S2/c1-3-10(2)7(11)4-9-15(12,13)5-6(8)14/h9H,3-5H2,1-2H3,(H2,8,14). The van der Waals surface area contributed by atoms with E-state index in [0.717, 1.165) is 0 Å². The normalized spacial score (nSPS) is 11.1. The van der Waals surface area contributed by atoms with Gasteiger partial charge in [0.2, 0.25) is 15.9 Å². The average molecular weight is 253 g/mol. The summed E-state index contributed by atoms with van der Waals surface area (Å²) >= 11 is 4.46. The van der Waals surface area contributed by atoms with Crippen LogP contribution >= 0.6 is 12.2 Å². The molecule has 0 saturated carbocycles. The second kappa shape index (κ2) is 5.99. The van der Waals surface area contributed by atoms with Gasteiger partial charge in [-0.3, -0.25) is 4.79 Å². The molecule has 0 aromatic heterocycles. The molecule has 0 saturated heterocycles. The Bertz CT molecular complexity index is 339. The van der Waals surface area contributed by atoms with Gasteiger partial charge in [-0.25, -0.2) is 13.1 Å². The number of nitrogens with two attached hydrogens (primary N) is 1. The van der Waals surface area contributed by atoms with Gasteiger partial charge in [0.05, 0.1) is 11.5 Å². The fourth-order valence-corrected chi connectivity index (χ4v) is 2.01. The molecule has 0 spiro atoms. The van der Waals surface area contributed by atoms with Gasteiger partial charge in [-0.2, -0.15) is 0 Å². The minimum absolute atomic E-state index is 0.126. The molecule has 0 aromatic carbocycles. The predicted octanol–water partition coefficient (Wildman–Crippen LogP) is -1.33. The van der Waals surface area contributed by atoms with Crippen LogP contribution in [0.3, 0.4) is 0 Å². The van der Waals surface area contributed by atoms with Crippen LogP contribution in [0.5, 0.6) is 0 Å². The number of sulfonamides is 1. The van der Waals surface area contributed by atoms with Crippen LogP contribution in [0, 0.1) is 0 Å². The Hall–Kier alpha value is -0.730. The van der Waals surface area contributed by atoms with Crippen LogP contribution in [0.1, 0.15) is 6.92 Å². The maximum atomic E-state index is 11.2. The lowest BCUT2D eigenvalue weighted by Gasteiger charge is -2.14. The maximum Gasteiger partial charge on any atom is 0.237 e. The highest BCUT2D eigenvalue weighted by Gasteiger charge is 2.14. The van der Waals surface area contributed by atoms with Gasteiger partial charge in [0, 0.05) is 13.6 Å². The highest BCUT2D eigenvalue weighted by atomic mass is 32.2. The van der Waals surface area contributed by atoms with E-state index in [2.05, 4.69) is 16.9 Å². The zero-order chi connectivity index (χ0) is 12.1. The Kier molecular flexibility index (Phi) is 5.69. The number of likely N-dealkylation sites (N-methyl/N-ethyl adjacent to an activating group) is 1. The van der Waals surface area contributed by atoms with E-state index in [-0.39, 0.29) is 17.4 Å². The van der Waals surface area contributed by atoms with E-state index in [4.69, 9.17) is 5.73 Å². The van der Waals surface area contributed by atoms with Crippen LogP contribution in [0.15, 0.2) is 0 Å². The summed E-state index contributed by atoms with van der Waals surface area (Å²) in [5, 5.41) is 0. The summed E-state index contributed by atoms with van der Waals surface area (Å²) in [6.07, 6.45) is 0. The van der Waals surface area contributed by atoms with E-state index in [1.54, 1.807) is 14.0 Å². The lowest BCUT2D eigenvalue weighted by Crippen LogP contribution is -2.40. The molecular formula is C7H15N3O3S2. The van der Waals surface area contributed by atoms with Gasteiger partial charge in [-0.15, -0.1) is 0 Å². The third kappa shape index (κ3) is 6.37. The molecule has 15 heavy (non-hydrogen) atoms. The Balaban J connectivity index is 4.16. The first-order valence-electron chi connectivity index (χ1n) is 4.28. The van der Waals surface area contributed by atoms with E-state index in [1.807, 2.05) is 0 Å². The summed E-state index contributed by atoms with van der Waals surface area (Å²) in [7, 11) is -1.99. The van der Waals surface area contributed by atoms with Gasteiger partial charge >= 0.3 is 0 Å².